The Balaban J connectivity index is 2.05. The largest absolute Gasteiger partial charge is 0.493 e. The number of hydrogen-bond donors (Lipinski definition) is 1. The second-order valence-corrected chi connectivity index (χ2v) is 6.00. The molecule has 1 N–H and O–H groups in total. The number of nitrogens with zero attached hydrogens (tertiary/aromatic N) is 1. The minimum atomic E-state index is 0.105. The van der Waals surface area contributed by atoms with Crippen molar-refractivity contribution in [1.29, 1.82) is 0 Å². The van der Waals surface area contributed by atoms with Crippen molar-refractivity contribution in [2.24, 2.45) is 5.92 Å². The van der Waals surface area contributed by atoms with E-state index in [9.17, 15) is 4.79 Å². The van der Waals surface area contributed by atoms with Crippen LogP contribution in [0.3, 0.4) is 0 Å². The molecule has 5 nitrogen and oxygen atoms in total. The van der Waals surface area contributed by atoms with Gasteiger partial charge in [0.1, 0.15) is 0 Å². The zero-order valence-electron chi connectivity index (χ0n) is 13.3. The van der Waals surface area contributed by atoms with Crippen molar-refractivity contribution in [3.8, 4) is 11.5 Å². The minimum absolute atomic E-state index is 0.105. The topological polar surface area (TPSA) is 50.8 Å². The molecule has 1 saturated heterocycles. The van der Waals surface area contributed by atoms with E-state index in [2.05, 4.69) is 10.2 Å². The fourth-order valence-electron chi connectivity index (χ4n) is 2.95. The van der Waals surface area contributed by atoms with E-state index in [1.54, 1.807) is 27.3 Å². The van der Waals surface area contributed by atoms with Crippen LogP contribution < -0.4 is 14.8 Å². The Labute approximate surface area is 136 Å². The third kappa shape index (κ3) is 4.05. The van der Waals surface area contributed by atoms with Crippen LogP contribution in [0.2, 0.25) is 5.02 Å². The monoisotopic (exact) mass is 326 g/mol. The molecule has 0 saturated carbocycles. The van der Waals surface area contributed by atoms with E-state index < -0.39 is 0 Å². The third-order valence-electron chi connectivity index (χ3n) is 4.04. The summed E-state index contributed by atoms with van der Waals surface area (Å²) >= 11 is 6.15. The SMILES string of the molecule is CNC(=O)C[C@@H]1CCN(Cc2cc(Cl)cc(OC)c2OC)C1. The van der Waals surface area contributed by atoms with Gasteiger partial charge in [-0.25, -0.2) is 0 Å². The molecule has 0 radical (unpaired) electrons. The zero-order chi connectivity index (χ0) is 16.1. The number of hydrogen-bond acceptors (Lipinski definition) is 4. The fourth-order valence-corrected chi connectivity index (χ4v) is 3.18. The van der Waals surface area contributed by atoms with Crippen LogP contribution in [0.25, 0.3) is 0 Å². The average Bonchev–Trinajstić information content (AvgIpc) is 2.93. The molecule has 6 heteroatoms. The van der Waals surface area contributed by atoms with Crippen LogP contribution in [0.1, 0.15) is 18.4 Å². The Morgan fingerprint density at radius 3 is 2.82 bits per heavy atom. The number of benzene rings is 1. The van der Waals surface area contributed by atoms with Crippen LogP contribution in [-0.4, -0.2) is 45.2 Å². The number of rotatable bonds is 6. The van der Waals surface area contributed by atoms with Crippen molar-refractivity contribution in [2.45, 2.75) is 19.4 Å². The molecular weight excluding hydrogens is 304 g/mol. The van der Waals surface area contributed by atoms with Gasteiger partial charge in [-0.3, -0.25) is 9.69 Å². The Kier molecular flexibility index (Phi) is 5.91. The summed E-state index contributed by atoms with van der Waals surface area (Å²) in [5.41, 5.74) is 1.01. The van der Waals surface area contributed by atoms with E-state index in [0.29, 0.717) is 23.1 Å². The molecule has 22 heavy (non-hydrogen) atoms. The van der Waals surface area contributed by atoms with Crippen molar-refractivity contribution in [3.63, 3.8) is 0 Å². The number of halogens is 1. The summed E-state index contributed by atoms with van der Waals surface area (Å²) in [5, 5.41) is 3.32. The highest BCUT2D eigenvalue weighted by molar-refractivity contribution is 6.30. The van der Waals surface area contributed by atoms with Gasteiger partial charge in [0.2, 0.25) is 5.91 Å². The molecule has 1 fully saturated rings. The Morgan fingerprint density at radius 1 is 1.41 bits per heavy atom. The molecular formula is C16H23ClN2O3. The van der Waals surface area contributed by atoms with Crippen LogP contribution in [0, 0.1) is 5.92 Å². The molecule has 0 unspecified atom stereocenters. The summed E-state index contributed by atoms with van der Waals surface area (Å²) in [6.07, 6.45) is 1.62. The van der Waals surface area contributed by atoms with E-state index in [1.807, 2.05) is 6.07 Å². The smallest absolute Gasteiger partial charge is 0.220 e. The molecule has 1 aromatic carbocycles. The van der Waals surface area contributed by atoms with Crippen LogP contribution >= 0.6 is 11.6 Å². The predicted octanol–water partition coefficient (Wildman–Crippen LogP) is 2.32. The molecule has 1 atom stereocenters. The highest BCUT2D eigenvalue weighted by Crippen LogP contribution is 2.36. The molecule has 1 aromatic rings. The number of carbonyl (C=O) groups excluding carboxylic acids is 1. The van der Waals surface area contributed by atoms with E-state index >= 15 is 0 Å². The lowest BCUT2D eigenvalue weighted by Gasteiger charge is -2.19. The maximum Gasteiger partial charge on any atom is 0.220 e. The average molecular weight is 327 g/mol. The second-order valence-electron chi connectivity index (χ2n) is 5.57. The van der Waals surface area contributed by atoms with Crippen molar-refractivity contribution < 1.29 is 14.3 Å². The van der Waals surface area contributed by atoms with Gasteiger partial charge in [-0.05, 0) is 24.9 Å². The predicted molar refractivity (Wildman–Crippen MR) is 86.6 cm³/mol. The quantitative estimate of drug-likeness (QED) is 0.871. The summed E-state index contributed by atoms with van der Waals surface area (Å²) in [6, 6.07) is 3.66. The number of ether oxygens (including phenoxy) is 2. The van der Waals surface area contributed by atoms with Gasteiger partial charge in [0.05, 0.1) is 14.2 Å². The van der Waals surface area contributed by atoms with Gasteiger partial charge in [-0.15, -0.1) is 0 Å². The Hall–Kier alpha value is -1.46. The first kappa shape index (κ1) is 16.9. The van der Waals surface area contributed by atoms with Crippen molar-refractivity contribution >= 4 is 17.5 Å². The first-order valence-corrected chi connectivity index (χ1v) is 7.78. The minimum Gasteiger partial charge on any atom is -0.493 e. The summed E-state index contributed by atoms with van der Waals surface area (Å²) in [4.78, 5) is 13.8. The lowest BCUT2D eigenvalue weighted by molar-refractivity contribution is -0.121. The Morgan fingerprint density at radius 2 is 2.18 bits per heavy atom. The molecule has 0 bridgehead atoms. The van der Waals surface area contributed by atoms with Gasteiger partial charge in [-0.1, -0.05) is 11.6 Å². The van der Waals surface area contributed by atoms with Crippen LogP contribution in [0.15, 0.2) is 12.1 Å². The molecule has 1 aliphatic heterocycles. The van der Waals surface area contributed by atoms with Gasteiger partial charge < -0.3 is 14.8 Å². The molecule has 0 aliphatic carbocycles. The highest BCUT2D eigenvalue weighted by atomic mass is 35.5. The molecule has 122 valence electrons. The molecule has 1 amide bonds. The first-order valence-electron chi connectivity index (χ1n) is 7.40. The number of likely N-dealkylation sites (tertiary alicyclic amines) is 1. The number of amides is 1. The maximum absolute atomic E-state index is 11.5. The summed E-state index contributed by atoms with van der Waals surface area (Å²) in [7, 11) is 4.92. The van der Waals surface area contributed by atoms with E-state index in [0.717, 1.165) is 37.4 Å². The van der Waals surface area contributed by atoms with Crippen molar-refractivity contribution in [2.75, 3.05) is 34.4 Å². The molecule has 1 aliphatic rings. The van der Waals surface area contributed by atoms with Gasteiger partial charge in [-0.2, -0.15) is 0 Å². The molecule has 0 spiro atoms. The lowest BCUT2D eigenvalue weighted by atomic mass is 10.0. The van der Waals surface area contributed by atoms with Crippen LogP contribution in [0.4, 0.5) is 0 Å². The van der Waals surface area contributed by atoms with Gasteiger partial charge in [0, 0.05) is 43.2 Å². The molecule has 2 rings (SSSR count). The number of methoxy groups -OCH3 is 2. The van der Waals surface area contributed by atoms with Crippen molar-refractivity contribution in [1.82, 2.24) is 10.2 Å². The standard InChI is InChI=1S/C16H23ClN2O3/c1-18-15(20)6-11-4-5-19(9-11)10-12-7-13(17)8-14(21-2)16(12)22-3/h7-8,11H,4-6,9-10H2,1-3H3,(H,18,20)/t11-/m0/s1. The second kappa shape index (κ2) is 7.70. The highest BCUT2D eigenvalue weighted by Gasteiger charge is 2.25. The fraction of sp³-hybridized carbons (Fsp3) is 0.562. The summed E-state index contributed by atoms with van der Waals surface area (Å²) < 4.78 is 10.8. The van der Waals surface area contributed by atoms with E-state index in [4.69, 9.17) is 21.1 Å². The Bertz CT molecular complexity index is 536. The third-order valence-corrected chi connectivity index (χ3v) is 4.26. The summed E-state index contributed by atoms with van der Waals surface area (Å²) in [6.45, 7) is 2.62. The van der Waals surface area contributed by atoms with Gasteiger partial charge >= 0.3 is 0 Å². The van der Waals surface area contributed by atoms with Gasteiger partial charge in [0.25, 0.3) is 0 Å². The van der Waals surface area contributed by atoms with Crippen molar-refractivity contribution in [3.05, 3.63) is 22.7 Å². The summed E-state index contributed by atoms with van der Waals surface area (Å²) in [5.74, 6) is 1.88. The normalized spacial score (nSPS) is 18.3. The van der Waals surface area contributed by atoms with Crippen LogP contribution in [0.5, 0.6) is 11.5 Å². The molecule has 0 aromatic heterocycles. The number of carbonyl (C=O) groups is 1. The lowest BCUT2D eigenvalue weighted by Crippen LogP contribution is -2.24. The zero-order valence-corrected chi connectivity index (χ0v) is 14.1. The first-order chi connectivity index (χ1) is 10.6. The van der Waals surface area contributed by atoms with E-state index in [-0.39, 0.29) is 5.91 Å². The van der Waals surface area contributed by atoms with Crippen LogP contribution in [-0.2, 0) is 11.3 Å². The van der Waals surface area contributed by atoms with E-state index in [1.165, 1.54) is 0 Å². The number of nitrogens with one attached hydrogen (secondary N) is 1. The van der Waals surface area contributed by atoms with Gasteiger partial charge in [0.15, 0.2) is 11.5 Å². The maximum atomic E-state index is 11.5. The molecule has 1 heterocycles.